The Labute approximate surface area is 141 Å². The second-order valence-corrected chi connectivity index (χ2v) is 7.07. The standard InChI is InChI=1S/C19H22N4O/c1-12(2)11-23-8-7-14-9-15(5-6-18(14)23)20-19(24)17-10-16(21-22-17)13-3-4-13/h5-10,12-13H,3-4,11H2,1-2H3,(H,20,24)(H,21,22). The number of H-pyrrole nitrogens is 1. The first kappa shape index (κ1) is 15.0. The zero-order chi connectivity index (χ0) is 16.7. The third-order valence-electron chi connectivity index (χ3n) is 4.44. The molecule has 0 unspecified atom stereocenters. The van der Waals surface area contributed by atoms with Gasteiger partial charge in [0.15, 0.2) is 5.69 Å². The van der Waals surface area contributed by atoms with Crippen LogP contribution in [-0.4, -0.2) is 20.7 Å². The number of aromatic amines is 1. The number of anilines is 1. The Morgan fingerprint density at radius 2 is 2.17 bits per heavy atom. The van der Waals surface area contributed by atoms with E-state index in [1.165, 1.54) is 18.4 Å². The molecular weight excluding hydrogens is 300 g/mol. The van der Waals surface area contributed by atoms with Crippen molar-refractivity contribution < 1.29 is 4.79 Å². The van der Waals surface area contributed by atoms with Crippen LogP contribution in [0.5, 0.6) is 0 Å². The maximum atomic E-state index is 12.4. The van der Waals surface area contributed by atoms with E-state index >= 15 is 0 Å². The Morgan fingerprint density at radius 3 is 2.92 bits per heavy atom. The Hall–Kier alpha value is -2.56. The molecule has 2 heterocycles. The number of carbonyl (C=O) groups excluding carboxylic acids is 1. The van der Waals surface area contributed by atoms with Crippen LogP contribution in [0, 0.1) is 5.92 Å². The van der Waals surface area contributed by atoms with E-state index in [0.29, 0.717) is 17.5 Å². The summed E-state index contributed by atoms with van der Waals surface area (Å²) in [5, 5.41) is 11.2. The average molecular weight is 322 g/mol. The monoisotopic (exact) mass is 322 g/mol. The van der Waals surface area contributed by atoms with Crippen LogP contribution >= 0.6 is 0 Å². The van der Waals surface area contributed by atoms with Gasteiger partial charge in [-0.25, -0.2) is 0 Å². The van der Waals surface area contributed by atoms with Gasteiger partial charge in [-0.2, -0.15) is 5.10 Å². The first-order valence-corrected chi connectivity index (χ1v) is 8.55. The third kappa shape index (κ3) is 2.94. The van der Waals surface area contributed by atoms with Gasteiger partial charge in [-0.15, -0.1) is 0 Å². The first-order valence-electron chi connectivity index (χ1n) is 8.55. The average Bonchev–Trinajstić information content (AvgIpc) is 3.15. The van der Waals surface area contributed by atoms with Crippen LogP contribution in [0.3, 0.4) is 0 Å². The molecule has 0 saturated heterocycles. The van der Waals surface area contributed by atoms with Crippen molar-refractivity contribution in [3.05, 3.63) is 47.9 Å². The summed E-state index contributed by atoms with van der Waals surface area (Å²) in [4.78, 5) is 12.4. The number of fused-ring (bicyclic) bond motifs is 1. The lowest BCUT2D eigenvalue weighted by atomic mass is 10.2. The van der Waals surface area contributed by atoms with Crippen molar-refractivity contribution in [1.82, 2.24) is 14.8 Å². The van der Waals surface area contributed by atoms with Crippen molar-refractivity contribution in [2.24, 2.45) is 5.92 Å². The molecule has 5 nitrogen and oxygen atoms in total. The van der Waals surface area contributed by atoms with Crippen molar-refractivity contribution >= 4 is 22.5 Å². The Morgan fingerprint density at radius 1 is 1.33 bits per heavy atom. The summed E-state index contributed by atoms with van der Waals surface area (Å²) in [5.74, 6) is 0.996. The summed E-state index contributed by atoms with van der Waals surface area (Å²) in [6, 6.07) is 9.98. The van der Waals surface area contributed by atoms with Crippen molar-refractivity contribution in [2.75, 3.05) is 5.32 Å². The number of nitrogens with zero attached hydrogens (tertiary/aromatic N) is 2. The van der Waals surface area contributed by atoms with E-state index < -0.39 is 0 Å². The number of nitrogens with one attached hydrogen (secondary N) is 2. The van der Waals surface area contributed by atoms with Gasteiger partial charge in [0.1, 0.15) is 0 Å². The quantitative estimate of drug-likeness (QED) is 0.741. The first-order chi connectivity index (χ1) is 11.6. The van der Waals surface area contributed by atoms with E-state index in [4.69, 9.17) is 0 Å². The highest BCUT2D eigenvalue weighted by atomic mass is 16.1. The van der Waals surface area contributed by atoms with Gasteiger partial charge in [-0.3, -0.25) is 9.89 Å². The molecule has 0 radical (unpaired) electrons. The predicted octanol–water partition coefficient (Wildman–Crippen LogP) is 4.15. The smallest absolute Gasteiger partial charge is 0.276 e. The van der Waals surface area contributed by atoms with Crippen LogP contribution in [0.4, 0.5) is 5.69 Å². The molecule has 124 valence electrons. The number of aromatic nitrogens is 3. The number of benzene rings is 1. The SMILES string of the molecule is CC(C)Cn1ccc2cc(NC(=O)c3cc(C4CC4)[nH]n3)ccc21. The minimum atomic E-state index is -0.167. The zero-order valence-electron chi connectivity index (χ0n) is 14.0. The molecule has 2 N–H and O–H groups in total. The fourth-order valence-electron chi connectivity index (χ4n) is 3.08. The van der Waals surface area contributed by atoms with Gasteiger partial charge < -0.3 is 9.88 Å². The van der Waals surface area contributed by atoms with E-state index in [-0.39, 0.29) is 5.91 Å². The van der Waals surface area contributed by atoms with E-state index in [0.717, 1.165) is 23.3 Å². The highest BCUT2D eigenvalue weighted by Crippen LogP contribution is 2.39. The van der Waals surface area contributed by atoms with Crippen LogP contribution in [0.1, 0.15) is 48.8 Å². The van der Waals surface area contributed by atoms with Crippen LogP contribution < -0.4 is 5.32 Å². The lowest BCUT2D eigenvalue weighted by Crippen LogP contribution is -2.12. The van der Waals surface area contributed by atoms with Gasteiger partial charge >= 0.3 is 0 Å². The summed E-state index contributed by atoms with van der Waals surface area (Å²) < 4.78 is 2.25. The molecule has 4 rings (SSSR count). The van der Waals surface area contributed by atoms with Gasteiger partial charge in [-0.1, -0.05) is 13.8 Å². The van der Waals surface area contributed by atoms with E-state index in [1.54, 1.807) is 0 Å². The van der Waals surface area contributed by atoms with Crippen molar-refractivity contribution in [2.45, 2.75) is 39.2 Å². The Bertz CT molecular complexity index is 886. The van der Waals surface area contributed by atoms with E-state index in [9.17, 15) is 4.79 Å². The minimum absolute atomic E-state index is 0.167. The van der Waals surface area contributed by atoms with Gasteiger partial charge in [0, 0.05) is 40.9 Å². The molecule has 1 aliphatic rings. The van der Waals surface area contributed by atoms with Crippen molar-refractivity contribution in [3.63, 3.8) is 0 Å². The zero-order valence-corrected chi connectivity index (χ0v) is 14.0. The number of hydrogen-bond donors (Lipinski definition) is 2. The molecule has 1 aromatic carbocycles. The molecule has 5 heteroatoms. The van der Waals surface area contributed by atoms with Crippen LogP contribution in [0.15, 0.2) is 36.5 Å². The highest BCUT2D eigenvalue weighted by Gasteiger charge is 2.26. The third-order valence-corrected chi connectivity index (χ3v) is 4.44. The summed E-state index contributed by atoms with van der Waals surface area (Å²) in [7, 11) is 0. The molecule has 1 aliphatic carbocycles. The maximum absolute atomic E-state index is 12.4. The van der Waals surface area contributed by atoms with Gasteiger partial charge in [0.2, 0.25) is 0 Å². The molecule has 0 spiro atoms. The molecular formula is C19H22N4O. The lowest BCUT2D eigenvalue weighted by molar-refractivity contribution is 0.102. The molecule has 24 heavy (non-hydrogen) atoms. The number of amides is 1. The summed E-state index contributed by atoms with van der Waals surface area (Å²) in [6.07, 6.45) is 4.48. The normalized spacial score (nSPS) is 14.5. The summed E-state index contributed by atoms with van der Waals surface area (Å²) in [5.41, 5.74) is 3.51. The largest absolute Gasteiger partial charge is 0.347 e. The Kier molecular flexibility index (Phi) is 3.63. The molecule has 3 aromatic rings. The van der Waals surface area contributed by atoms with Crippen LogP contribution in [0.25, 0.3) is 10.9 Å². The summed E-state index contributed by atoms with van der Waals surface area (Å²) in [6.45, 7) is 5.41. The molecule has 2 aromatic heterocycles. The topological polar surface area (TPSA) is 62.7 Å². The predicted molar refractivity (Wildman–Crippen MR) is 95.3 cm³/mol. The van der Waals surface area contributed by atoms with Crippen molar-refractivity contribution in [1.29, 1.82) is 0 Å². The molecule has 1 saturated carbocycles. The Balaban J connectivity index is 1.52. The van der Waals surface area contributed by atoms with Gasteiger partial charge in [0.05, 0.1) is 0 Å². The van der Waals surface area contributed by atoms with Crippen LogP contribution in [-0.2, 0) is 6.54 Å². The lowest BCUT2D eigenvalue weighted by Gasteiger charge is -2.09. The molecule has 0 bridgehead atoms. The maximum Gasteiger partial charge on any atom is 0.276 e. The van der Waals surface area contributed by atoms with E-state index in [1.807, 2.05) is 18.2 Å². The molecule has 0 aliphatic heterocycles. The fourth-order valence-corrected chi connectivity index (χ4v) is 3.08. The second kappa shape index (κ2) is 5.82. The van der Waals surface area contributed by atoms with Crippen LogP contribution in [0.2, 0.25) is 0 Å². The van der Waals surface area contributed by atoms with Crippen molar-refractivity contribution in [3.8, 4) is 0 Å². The van der Waals surface area contributed by atoms with Gasteiger partial charge in [0.25, 0.3) is 5.91 Å². The fraction of sp³-hybridized carbons (Fsp3) is 0.368. The minimum Gasteiger partial charge on any atom is -0.347 e. The van der Waals surface area contributed by atoms with Gasteiger partial charge in [-0.05, 0) is 49.1 Å². The van der Waals surface area contributed by atoms with E-state index in [2.05, 4.69) is 52.3 Å². The molecule has 1 amide bonds. The number of hydrogen-bond acceptors (Lipinski definition) is 2. The number of carbonyl (C=O) groups is 1. The molecule has 0 atom stereocenters. The molecule has 1 fully saturated rings. The number of rotatable bonds is 5. The highest BCUT2D eigenvalue weighted by molar-refractivity contribution is 6.03. The summed E-state index contributed by atoms with van der Waals surface area (Å²) >= 11 is 0. The second-order valence-electron chi connectivity index (χ2n) is 7.07.